The van der Waals surface area contributed by atoms with E-state index in [-0.39, 0.29) is 33.1 Å². The number of nitrogens with one attached hydrogen (secondary N) is 1. The van der Waals surface area contributed by atoms with E-state index in [1.807, 2.05) is 52.0 Å². The van der Waals surface area contributed by atoms with Crippen LogP contribution in [0.25, 0.3) is 0 Å². The van der Waals surface area contributed by atoms with Crippen molar-refractivity contribution in [1.82, 2.24) is 10.2 Å². The van der Waals surface area contributed by atoms with Gasteiger partial charge >= 0.3 is 0 Å². The summed E-state index contributed by atoms with van der Waals surface area (Å²) in [6.07, 6.45) is 0. The number of amides is 2. The van der Waals surface area contributed by atoms with Crippen molar-refractivity contribution in [2.24, 2.45) is 0 Å². The molecule has 0 fully saturated rings. The molecule has 0 aromatic heterocycles. The number of sulfonamides is 1. The Balaban J connectivity index is 2.08. The average molecular weight is 669 g/mol. The minimum absolute atomic E-state index is 0.0140. The Morgan fingerprint density at radius 1 is 0.975 bits per heavy atom. The van der Waals surface area contributed by atoms with Crippen LogP contribution in [0.2, 0.25) is 10.0 Å². The van der Waals surface area contributed by atoms with E-state index >= 15 is 0 Å². The first-order chi connectivity index (χ1) is 18.6. The van der Waals surface area contributed by atoms with Crippen LogP contribution in [-0.2, 0) is 26.2 Å². The van der Waals surface area contributed by atoms with Crippen molar-refractivity contribution in [2.75, 3.05) is 10.8 Å². The molecule has 0 spiro atoms. The van der Waals surface area contributed by atoms with E-state index in [1.54, 1.807) is 19.1 Å². The minimum Gasteiger partial charge on any atom is -0.350 e. The largest absolute Gasteiger partial charge is 0.350 e. The van der Waals surface area contributed by atoms with Crippen LogP contribution in [0, 0.1) is 6.92 Å². The third-order valence-corrected chi connectivity index (χ3v) is 8.85. The van der Waals surface area contributed by atoms with Gasteiger partial charge in [-0.3, -0.25) is 13.9 Å². The zero-order chi connectivity index (χ0) is 29.8. The zero-order valence-electron chi connectivity index (χ0n) is 22.9. The number of hydrogen-bond acceptors (Lipinski definition) is 4. The maximum absolute atomic E-state index is 14.0. The van der Waals surface area contributed by atoms with Crippen LogP contribution in [0.5, 0.6) is 0 Å². The Labute approximate surface area is 254 Å². The van der Waals surface area contributed by atoms with E-state index in [0.717, 1.165) is 19.9 Å². The lowest BCUT2D eigenvalue weighted by molar-refractivity contribution is -0.140. The minimum atomic E-state index is -4.26. The van der Waals surface area contributed by atoms with Gasteiger partial charge in [0.15, 0.2) is 0 Å². The van der Waals surface area contributed by atoms with Gasteiger partial charge in [-0.15, -0.1) is 0 Å². The smallest absolute Gasteiger partial charge is 0.264 e. The molecule has 1 N–H and O–H groups in total. The molecular formula is C29H32BrCl2N3O4S. The van der Waals surface area contributed by atoms with Crippen molar-refractivity contribution in [2.45, 2.75) is 57.6 Å². The van der Waals surface area contributed by atoms with Gasteiger partial charge in [0.05, 0.1) is 15.6 Å². The molecule has 3 aromatic rings. The van der Waals surface area contributed by atoms with Crippen LogP contribution >= 0.6 is 39.1 Å². The number of aryl methyl sites for hydroxylation is 1. The van der Waals surface area contributed by atoms with Crippen LogP contribution in [0.3, 0.4) is 0 Å². The fourth-order valence-corrected chi connectivity index (χ4v) is 6.00. The maximum atomic E-state index is 14.0. The highest BCUT2D eigenvalue weighted by molar-refractivity contribution is 9.10. The predicted molar refractivity (Wildman–Crippen MR) is 164 cm³/mol. The number of anilines is 1. The molecule has 0 heterocycles. The Morgan fingerprint density at radius 2 is 1.57 bits per heavy atom. The van der Waals surface area contributed by atoms with Gasteiger partial charge in [-0.2, -0.15) is 0 Å². The van der Waals surface area contributed by atoms with Crippen LogP contribution in [0.1, 0.15) is 38.8 Å². The molecular weight excluding hydrogens is 637 g/mol. The first kappa shape index (κ1) is 31.9. The second kappa shape index (κ2) is 12.9. The summed E-state index contributed by atoms with van der Waals surface area (Å²) in [6.45, 7) is 8.45. The molecule has 0 radical (unpaired) electrons. The molecule has 2 amide bonds. The molecule has 0 saturated carbocycles. The summed E-state index contributed by atoms with van der Waals surface area (Å²) in [4.78, 5) is 28.5. The first-order valence-corrected chi connectivity index (χ1v) is 15.5. The quantitative estimate of drug-likeness (QED) is 0.279. The Morgan fingerprint density at radius 3 is 2.15 bits per heavy atom. The summed E-state index contributed by atoms with van der Waals surface area (Å²) in [5, 5.41) is 3.25. The standard InChI is InChI=1S/C29H32BrCl2N3O4S/c1-19-6-13-24(14-7-19)40(38,39)35(26-16-23(31)12-15-25(26)32)18-27(36)34(17-21-8-10-22(30)11-9-21)20(2)28(37)33-29(3,4)5/h6-16,20H,17-18H2,1-5H3,(H,33,37)/t20-/m0/s1. The summed E-state index contributed by atoms with van der Waals surface area (Å²) in [5.74, 6) is -0.960. The van der Waals surface area contributed by atoms with Crippen molar-refractivity contribution >= 4 is 66.7 Å². The van der Waals surface area contributed by atoms with E-state index in [2.05, 4.69) is 21.2 Å². The van der Waals surface area contributed by atoms with E-state index in [0.29, 0.717) is 0 Å². The van der Waals surface area contributed by atoms with Gasteiger partial charge < -0.3 is 10.2 Å². The highest BCUT2D eigenvalue weighted by Crippen LogP contribution is 2.33. The van der Waals surface area contributed by atoms with Crippen molar-refractivity contribution in [1.29, 1.82) is 0 Å². The molecule has 0 bridgehead atoms. The summed E-state index contributed by atoms with van der Waals surface area (Å²) in [5.41, 5.74) is 1.16. The second-order valence-corrected chi connectivity index (χ2v) is 14.1. The van der Waals surface area contributed by atoms with Crippen molar-refractivity contribution in [3.8, 4) is 0 Å². The predicted octanol–water partition coefficient (Wildman–Crippen LogP) is 6.59. The summed E-state index contributed by atoms with van der Waals surface area (Å²) in [7, 11) is -4.26. The SMILES string of the molecule is Cc1ccc(S(=O)(=O)N(CC(=O)N(Cc2ccc(Br)cc2)[C@@H](C)C(=O)NC(C)(C)C)c2cc(Cl)ccc2Cl)cc1. The molecule has 3 aromatic carbocycles. The first-order valence-electron chi connectivity index (χ1n) is 12.5. The molecule has 0 unspecified atom stereocenters. The Hall–Kier alpha value is -2.59. The summed E-state index contributed by atoms with van der Waals surface area (Å²) < 4.78 is 29.6. The Bertz CT molecular complexity index is 1470. The number of rotatable bonds is 9. The monoisotopic (exact) mass is 667 g/mol. The lowest BCUT2D eigenvalue weighted by Gasteiger charge is -2.33. The summed E-state index contributed by atoms with van der Waals surface area (Å²) in [6, 6.07) is 17.1. The van der Waals surface area contributed by atoms with Crippen LogP contribution in [0.15, 0.2) is 76.1 Å². The summed E-state index contributed by atoms with van der Waals surface area (Å²) >= 11 is 16.1. The van der Waals surface area contributed by atoms with E-state index in [4.69, 9.17) is 23.2 Å². The Kier molecular flexibility index (Phi) is 10.3. The molecule has 1 atom stereocenters. The molecule has 214 valence electrons. The van der Waals surface area contributed by atoms with E-state index < -0.39 is 34.1 Å². The fraction of sp³-hybridized carbons (Fsp3) is 0.310. The number of hydrogen-bond donors (Lipinski definition) is 1. The van der Waals surface area contributed by atoms with Crippen LogP contribution < -0.4 is 9.62 Å². The zero-order valence-corrected chi connectivity index (χ0v) is 26.8. The fourth-order valence-electron chi connectivity index (χ4n) is 3.87. The van der Waals surface area contributed by atoms with Crippen LogP contribution in [-0.4, -0.2) is 43.3 Å². The third-order valence-electron chi connectivity index (χ3n) is 6.00. The molecule has 40 heavy (non-hydrogen) atoms. The second-order valence-electron chi connectivity index (χ2n) is 10.5. The molecule has 11 heteroatoms. The highest BCUT2D eigenvalue weighted by atomic mass is 79.9. The van der Waals surface area contributed by atoms with Gasteiger partial charge in [0, 0.05) is 21.6 Å². The third kappa shape index (κ3) is 8.22. The topological polar surface area (TPSA) is 86.8 Å². The molecule has 0 aliphatic carbocycles. The van der Waals surface area contributed by atoms with Gasteiger partial charge in [-0.1, -0.05) is 69.0 Å². The van der Waals surface area contributed by atoms with Crippen LogP contribution in [0.4, 0.5) is 5.69 Å². The van der Waals surface area contributed by atoms with Gasteiger partial charge in [0.2, 0.25) is 11.8 Å². The van der Waals surface area contributed by atoms with E-state index in [9.17, 15) is 18.0 Å². The highest BCUT2D eigenvalue weighted by Gasteiger charge is 2.34. The van der Waals surface area contributed by atoms with Crippen molar-refractivity contribution in [3.05, 3.63) is 92.4 Å². The average Bonchev–Trinajstić information content (AvgIpc) is 2.87. The van der Waals surface area contributed by atoms with E-state index in [1.165, 1.54) is 35.2 Å². The number of carbonyl (C=O) groups is 2. The lowest BCUT2D eigenvalue weighted by Crippen LogP contribution is -2.54. The van der Waals surface area contributed by atoms with Gasteiger partial charge in [-0.05, 0) is 82.6 Å². The lowest BCUT2D eigenvalue weighted by atomic mass is 10.1. The molecule has 0 saturated heterocycles. The molecule has 0 aliphatic rings. The number of benzene rings is 3. The van der Waals surface area contributed by atoms with Gasteiger partial charge in [-0.25, -0.2) is 8.42 Å². The van der Waals surface area contributed by atoms with Crippen molar-refractivity contribution in [3.63, 3.8) is 0 Å². The molecule has 0 aliphatic heterocycles. The maximum Gasteiger partial charge on any atom is 0.264 e. The normalized spacial score (nSPS) is 12.5. The molecule has 7 nitrogen and oxygen atoms in total. The van der Waals surface area contributed by atoms with Gasteiger partial charge in [0.1, 0.15) is 12.6 Å². The van der Waals surface area contributed by atoms with Crippen molar-refractivity contribution < 1.29 is 18.0 Å². The number of carbonyl (C=O) groups excluding carboxylic acids is 2. The molecule has 3 rings (SSSR count). The number of nitrogens with zero attached hydrogens (tertiary/aromatic N) is 2. The number of halogens is 3. The van der Waals surface area contributed by atoms with Gasteiger partial charge in [0.25, 0.3) is 10.0 Å².